The van der Waals surface area contributed by atoms with Crippen molar-refractivity contribution in [3.8, 4) is 0 Å². The number of benzene rings is 1. The molecule has 2 rings (SSSR count). The van der Waals surface area contributed by atoms with Crippen molar-refractivity contribution in [2.24, 2.45) is 5.92 Å². The number of anilines is 1. The Balaban J connectivity index is 2.00. The van der Waals surface area contributed by atoms with Crippen LogP contribution >= 0.6 is 0 Å². The maximum Gasteiger partial charge on any atom is 0.274 e. The highest BCUT2D eigenvalue weighted by molar-refractivity contribution is 5.95. The smallest absolute Gasteiger partial charge is 0.274 e. The van der Waals surface area contributed by atoms with E-state index in [1.54, 1.807) is 19.1 Å². The minimum absolute atomic E-state index is 0.00167. The molecule has 2 N–H and O–H groups in total. The lowest BCUT2D eigenvalue weighted by Gasteiger charge is -2.36. The normalized spacial score (nSPS) is 18.8. The molecule has 0 bridgehead atoms. The molecule has 2 unspecified atom stereocenters. The van der Waals surface area contributed by atoms with Gasteiger partial charge in [-0.05, 0) is 58.7 Å². The lowest BCUT2D eigenvalue weighted by Crippen LogP contribution is -2.47. The highest BCUT2D eigenvalue weighted by atomic mass is 16.6. The zero-order valence-electron chi connectivity index (χ0n) is 14.4. The number of aliphatic hydroxyl groups excluding tert-OH is 1. The molecule has 0 aliphatic carbocycles. The van der Waals surface area contributed by atoms with Crippen LogP contribution in [0.1, 0.15) is 32.3 Å². The number of nitro groups is 1. The fourth-order valence-corrected chi connectivity index (χ4v) is 3.15. The van der Waals surface area contributed by atoms with E-state index in [4.69, 9.17) is 0 Å². The average molecular weight is 335 g/mol. The minimum atomic E-state index is -0.449. The average Bonchev–Trinajstić information content (AvgIpc) is 2.55. The SMILES string of the molecule is Cc1c(NC(=O)C(C)N2CCC(C(C)O)CC2)cccc1[N+](=O)[O-]. The number of carbonyl (C=O) groups is 1. The number of nitrogens with zero attached hydrogens (tertiary/aromatic N) is 2. The Kier molecular flexibility index (Phi) is 5.90. The quantitative estimate of drug-likeness (QED) is 0.636. The standard InChI is InChI=1S/C17H25N3O4/c1-11-15(5-4-6-16(11)20(23)24)18-17(22)12(2)19-9-7-14(8-10-19)13(3)21/h4-6,12-14,21H,7-10H2,1-3H3,(H,18,22). The zero-order valence-corrected chi connectivity index (χ0v) is 14.4. The second kappa shape index (κ2) is 7.72. The minimum Gasteiger partial charge on any atom is -0.393 e. The van der Waals surface area contributed by atoms with Gasteiger partial charge in [0.15, 0.2) is 0 Å². The van der Waals surface area contributed by atoms with Crippen molar-refractivity contribution in [2.45, 2.75) is 45.8 Å². The summed E-state index contributed by atoms with van der Waals surface area (Å²) in [7, 11) is 0. The van der Waals surface area contributed by atoms with Gasteiger partial charge in [-0.25, -0.2) is 0 Å². The molecular formula is C17H25N3O4. The summed E-state index contributed by atoms with van der Waals surface area (Å²) in [5.41, 5.74) is 0.925. The largest absolute Gasteiger partial charge is 0.393 e. The second-order valence-corrected chi connectivity index (χ2v) is 6.49. The Morgan fingerprint density at radius 2 is 2.00 bits per heavy atom. The molecule has 1 fully saturated rings. The topological polar surface area (TPSA) is 95.7 Å². The van der Waals surface area contributed by atoms with Crippen LogP contribution in [0, 0.1) is 23.0 Å². The van der Waals surface area contributed by atoms with Crippen molar-refractivity contribution in [3.05, 3.63) is 33.9 Å². The molecule has 1 aromatic rings. The molecule has 1 aliphatic rings. The van der Waals surface area contributed by atoms with Crippen molar-refractivity contribution in [3.63, 3.8) is 0 Å². The van der Waals surface area contributed by atoms with E-state index in [9.17, 15) is 20.0 Å². The van der Waals surface area contributed by atoms with Gasteiger partial charge in [0.05, 0.1) is 28.3 Å². The number of piperidine rings is 1. The number of hydrogen-bond acceptors (Lipinski definition) is 5. The number of nitrogens with one attached hydrogen (secondary N) is 1. The molecular weight excluding hydrogens is 310 g/mol. The first-order valence-electron chi connectivity index (χ1n) is 8.28. The summed E-state index contributed by atoms with van der Waals surface area (Å²) in [6.07, 6.45) is 1.42. The van der Waals surface area contributed by atoms with E-state index in [1.165, 1.54) is 6.07 Å². The van der Waals surface area contributed by atoms with Crippen LogP contribution in [0.25, 0.3) is 0 Å². The van der Waals surface area contributed by atoms with Gasteiger partial charge >= 0.3 is 0 Å². The van der Waals surface area contributed by atoms with Gasteiger partial charge in [-0.15, -0.1) is 0 Å². The van der Waals surface area contributed by atoms with Crippen LogP contribution in [0.3, 0.4) is 0 Å². The van der Waals surface area contributed by atoms with Crippen LogP contribution in [-0.4, -0.2) is 46.1 Å². The Bertz CT molecular complexity index is 610. The van der Waals surface area contributed by atoms with Gasteiger partial charge in [0.2, 0.25) is 5.91 Å². The molecule has 0 aromatic heterocycles. The summed E-state index contributed by atoms with van der Waals surface area (Å²) >= 11 is 0. The number of likely N-dealkylation sites (tertiary alicyclic amines) is 1. The molecule has 24 heavy (non-hydrogen) atoms. The highest BCUT2D eigenvalue weighted by Gasteiger charge is 2.28. The molecule has 1 aliphatic heterocycles. The van der Waals surface area contributed by atoms with Gasteiger partial charge in [0, 0.05) is 6.07 Å². The predicted molar refractivity (Wildman–Crippen MR) is 91.9 cm³/mol. The summed E-state index contributed by atoms with van der Waals surface area (Å²) in [4.78, 5) is 25.1. The van der Waals surface area contributed by atoms with Crippen molar-refractivity contribution in [1.82, 2.24) is 4.90 Å². The van der Waals surface area contributed by atoms with Gasteiger partial charge in [0.1, 0.15) is 0 Å². The first-order valence-corrected chi connectivity index (χ1v) is 8.28. The lowest BCUT2D eigenvalue weighted by molar-refractivity contribution is -0.385. The van der Waals surface area contributed by atoms with Crippen LogP contribution in [0.15, 0.2) is 18.2 Å². The zero-order chi connectivity index (χ0) is 17.9. The Labute approximate surface area is 141 Å². The number of carbonyl (C=O) groups excluding carboxylic acids is 1. The first kappa shape index (κ1) is 18.4. The van der Waals surface area contributed by atoms with Crippen LogP contribution in [0.5, 0.6) is 0 Å². The third-order valence-corrected chi connectivity index (χ3v) is 4.94. The number of amides is 1. The molecule has 2 atom stereocenters. The van der Waals surface area contributed by atoms with E-state index < -0.39 is 4.92 Å². The number of aliphatic hydroxyl groups is 1. The fraction of sp³-hybridized carbons (Fsp3) is 0.588. The maximum absolute atomic E-state index is 12.5. The van der Waals surface area contributed by atoms with Crippen LogP contribution in [0.2, 0.25) is 0 Å². The molecule has 0 radical (unpaired) electrons. The van der Waals surface area contributed by atoms with E-state index in [0.29, 0.717) is 11.3 Å². The molecule has 7 nitrogen and oxygen atoms in total. The summed E-state index contributed by atoms with van der Waals surface area (Å²) in [6.45, 7) is 6.80. The Morgan fingerprint density at radius 3 is 2.54 bits per heavy atom. The molecule has 1 heterocycles. The summed E-state index contributed by atoms with van der Waals surface area (Å²) in [5.74, 6) is 0.115. The van der Waals surface area contributed by atoms with Crippen molar-refractivity contribution < 1.29 is 14.8 Å². The molecule has 1 amide bonds. The third kappa shape index (κ3) is 4.10. The highest BCUT2D eigenvalue weighted by Crippen LogP contribution is 2.26. The first-order chi connectivity index (χ1) is 11.3. The van der Waals surface area contributed by atoms with Gasteiger partial charge < -0.3 is 10.4 Å². The van der Waals surface area contributed by atoms with E-state index in [1.807, 2.05) is 13.8 Å². The van der Waals surface area contributed by atoms with Gasteiger partial charge in [-0.2, -0.15) is 0 Å². The lowest BCUT2D eigenvalue weighted by atomic mass is 9.91. The number of rotatable bonds is 5. The van der Waals surface area contributed by atoms with Crippen LogP contribution in [-0.2, 0) is 4.79 Å². The number of nitro benzene ring substituents is 1. The van der Waals surface area contributed by atoms with Crippen LogP contribution in [0.4, 0.5) is 11.4 Å². The Morgan fingerprint density at radius 1 is 1.38 bits per heavy atom. The number of hydrogen-bond donors (Lipinski definition) is 2. The van der Waals surface area contributed by atoms with Crippen molar-refractivity contribution >= 4 is 17.3 Å². The van der Waals surface area contributed by atoms with E-state index >= 15 is 0 Å². The molecule has 7 heteroatoms. The monoisotopic (exact) mass is 335 g/mol. The van der Waals surface area contributed by atoms with Gasteiger partial charge in [-0.1, -0.05) is 6.07 Å². The maximum atomic E-state index is 12.5. The molecule has 1 aromatic carbocycles. The summed E-state index contributed by atoms with van der Waals surface area (Å²) in [5, 5.41) is 23.4. The molecule has 0 saturated carbocycles. The van der Waals surface area contributed by atoms with Gasteiger partial charge in [-0.3, -0.25) is 19.8 Å². The fourth-order valence-electron chi connectivity index (χ4n) is 3.15. The summed E-state index contributed by atoms with van der Waals surface area (Å²) < 4.78 is 0. The van der Waals surface area contributed by atoms with E-state index in [-0.39, 0.29) is 29.7 Å². The second-order valence-electron chi connectivity index (χ2n) is 6.49. The predicted octanol–water partition coefficient (Wildman–Crippen LogP) is 2.32. The summed E-state index contributed by atoms with van der Waals surface area (Å²) in [6, 6.07) is 4.35. The Hall–Kier alpha value is -1.99. The molecule has 0 spiro atoms. The van der Waals surface area contributed by atoms with Crippen molar-refractivity contribution in [1.29, 1.82) is 0 Å². The van der Waals surface area contributed by atoms with Gasteiger partial charge in [0.25, 0.3) is 5.69 Å². The molecule has 132 valence electrons. The van der Waals surface area contributed by atoms with Crippen molar-refractivity contribution in [2.75, 3.05) is 18.4 Å². The third-order valence-electron chi connectivity index (χ3n) is 4.94. The van der Waals surface area contributed by atoms with E-state index in [2.05, 4.69) is 10.2 Å². The van der Waals surface area contributed by atoms with E-state index in [0.717, 1.165) is 25.9 Å². The molecule has 1 saturated heterocycles. The van der Waals surface area contributed by atoms with Crippen LogP contribution < -0.4 is 5.32 Å².